The van der Waals surface area contributed by atoms with E-state index in [1.807, 2.05) is 25.8 Å². The summed E-state index contributed by atoms with van der Waals surface area (Å²) < 4.78 is 1.04. The Morgan fingerprint density at radius 1 is 1.33 bits per heavy atom. The van der Waals surface area contributed by atoms with Gasteiger partial charge in [-0.05, 0) is 38.1 Å². The molecule has 0 aliphatic carbocycles. The quantitative estimate of drug-likeness (QED) is 0.903. The molecule has 4 nitrogen and oxygen atoms in total. The minimum atomic E-state index is -0.519. The van der Waals surface area contributed by atoms with Crippen molar-refractivity contribution in [1.29, 1.82) is 0 Å². The number of benzene rings is 1. The largest absolute Gasteiger partial charge is 0.355 e. The van der Waals surface area contributed by atoms with Crippen LogP contribution in [-0.2, 0) is 11.3 Å². The first-order valence-electron chi connectivity index (χ1n) is 7.40. The van der Waals surface area contributed by atoms with Gasteiger partial charge in [-0.1, -0.05) is 28.9 Å². The molecule has 1 fully saturated rings. The monoisotopic (exact) mass is 353 g/mol. The zero-order chi connectivity index (χ0) is 15.6. The fourth-order valence-electron chi connectivity index (χ4n) is 2.83. The summed E-state index contributed by atoms with van der Waals surface area (Å²) in [5, 5.41) is 3.37. The smallest absolute Gasteiger partial charge is 0.247 e. The minimum absolute atomic E-state index is 0.170. The number of hydrogen-bond acceptors (Lipinski definition) is 3. The molecule has 1 amide bonds. The Hall–Kier alpha value is -1.07. The predicted molar refractivity (Wildman–Crippen MR) is 90.6 cm³/mol. The number of nitrogens with one attached hydrogen (secondary N) is 1. The third kappa shape index (κ3) is 3.24. The van der Waals surface area contributed by atoms with Crippen LogP contribution in [0.5, 0.6) is 0 Å². The van der Waals surface area contributed by atoms with Crippen LogP contribution in [0.3, 0.4) is 0 Å². The molecule has 1 saturated heterocycles. The Labute approximate surface area is 135 Å². The van der Waals surface area contributed by atoms with Gasteiger partial charge in [0.05, 0.1) is 0 Å². The maximum absolute atomic E-state index is 12.5. The summed E-state index contributed by atoms with van der Waals surface area (Å²) in [6.07, 6.45) is 0. The number of anilines is 1. The fourth-order valence-corrected chi connectivity index (χ4v) is 3.18. The molecule has 0 bridgehead atoms. The van der Waals surface area contributed by atoms with Gasteiger partial charge in [0.2, 0.25) is 5.91 Å². The maximum atomic E-state index is 12.5. The van der Waals surface area contributed by atoms with Crippen molar-refractivity contribution in [2.24, 2.45) is 0 Å². The van der Waals surface area contributed by atoms with Crippen molar-refractivity contribution in [3.05, 3.63) is 28.2 Å². The van der Waals surface area contributed by atoms with Gasteiger partial charge in [0.15, 0.2) is 0 Å². The summed E-state index contributed by atoms with van der Waals surface area (Å²) in [7, 11) is 1.88. The Bertz CT molecular complexity index is 530. The van der Waals surface area contributed by atoms with Crippen LogP contribution < -0.4 is 10.2 Å². The van der Waals surface area contributed by atoms with Crippen molar-refractivity contribution in [2.45, 2.75) is 32.9 Å². The Kier molecular flexibility index (Phi) is 4.94. The second-order valence-electron chi connectivity index (χ2n) is 5.99. The number of hydrogen-bond donors (Lipinski definition) is 1. The molecular formula is C16H24BrN3O. The molecule has 0 unspecified atom stereocenters. The van der Waals surface area contributed by atoms with Gasteiger partial charge in [-0.15, -0.1) is 0 Å². The average molecular weight is 354 g/mol. The molecule has 1 heterocycles. The van der Waals surface area contributed by atoms with E-state index in [4.69, 9.17) is 0 Å². The van der Waals surface area contributed by atoms with Crippen molar-refractivity contribution >= 4 is 27.5 Å². The van der Waals surface area contributed by atoms with Crippen LogP contribution in [0.15, 0.2) is 22.7 Å². The number of carbonyl (C=O) groups is 1. The molecule has 0 spiro atoms. The number of nitrogens with zero attached hydrogens (tertiary/aromatic N) is 2. The molecular weight excluding hydrogens is 330 g/mol. The summed E-state index contributed by atoms with van der Waals surface area (Å²) in [5.74, 6) is 0.170. The van der Waals surface area contributed by atoms with Crippen LogP contribution in [-0.4, -0.2) is 43.0 Å². The summed E-state index contributed by atoms with van der Waals surface area (Å²) in [4.78, 5) is 16.5. The van der Waals surface area contributed by atoms with Gasteiger partial charge in [-0.3, -0.25) is 4.79 Å². The molecule has 116 valence electrons. The van der Waals surface area contributed by atoms with Crippen LogP contribution >= 0.6 is 15.9 Å². The highest BCUT2D eigenvalue weighted by molar-refractivity contribution is 9.10. The third-order valence-corrected chi connectivity index (χ3v) is 4.60. The van der Waals surface area contributed by atoms with E-state index < -0.39 is 5.54 Å². The first-order valence-corrected chi connectivity index (χ1v) is 8.19. The Morgan fingerprint density at radius 2 is 2.05 bits per heavy atom. The molecule has 5 heteroatoms. The molecule has 2 rings (SSSR count). The minimum Gasteiger partial charge on any atom is -0.355 e. The molecule has 21 heavy (non-hydrogen) atoms. The Morgan fingerprint density at radius 3 is 2.71 bits per heavy atom. The number of likely N-dealkylation sites (N-methyl/N-ethyl adjacent to an activating group) is 1. The van der Waals surface area contributed by atoms with E-state index in [2.05, 4.69) is 51.3 Å². The SMILES string of the molecule is CCNCc1ccc(Br)cc1N1CCN(C)C(=O)C1(C)C. The molecule has 0 aromatic heterocycles. The lowest BCUT2D eigenvalue weighted by Crippen LogP contribution is -2.62. The summed E-state index contributed by atoms with van der Waals surface area (Å²) >= 11 is 3.55. The fraction of sp³-hybridized carbons (Fsp3) is 0.562. The topological polar surface area (TPSA) is 35.6 Å². The normalized spacial score (nSPS) is 18.2. The second-order valence-corrected chi connectivity index (χ2v) is 6.91. The van der Waals surface area contributed by atoms with Gasteiger partial charge in [0.1, 0.15) is 5.54 Å². The standard InChI is InChI=1S/C16H24BrN3O/c1-5-18-11-12-6-7-13(17)10-14(12)20-9-8-19(4)15(21)16(20,2)3/h6-7,10,18H,5,8-9,11H2,1-4H3. The van der Waals surface area contributed by atoms with Crippen molar-refractivity contribution < 1.29 is 4.79 Å². The number of rotatable bonds is 4. The summed E-state index contributed by atoms with van der Waals surface area (Å²) in [6.45, 7) is 9.46. The van der Waals surface area contributed by atoms with Gasteiger partial charge >= 0.3 is 0 Å². The van der Waals surface area contributed by atoms with Gasteiger partial charge in [-0.25, -0.2) is 0 Å². The average Bonchev–Trinajstić information content (AvgIpc) is 2.44. The lowest BCUT2D eigenvalue weighted by molar-refractivity contribution is -0.136. The van der Waals surface area contributed by atoms with Crippen LogP contribution in [0, 0.1) is 0 Å². The molecule has 1 aromatic rings. The highest BCUT2D eigenvalue weighted by Crippen LogP contribution is 2.33. The lowest BCUT2D eigenvalue weighted by atomic mass is 9.95. The van der Waals surface area contributed by atoms with Crippen molar-refractivity contribution in [3.63, 3.8) is 0 Å². The van der Waals surface area contributed by atoms with E-state index in [0.29, 0.717) is 0 Å². The predicted octanol–water partition coefficient (Wildman–Crippen LogP) is 2.62. The molecule has 1 N–H and O–H groups in total. The van der Waals surface area contributed by atoms with Crippen molar-refractivity contribution in [3.8, 4) is 0 Å². The maximum Gasteiger partial charge on any atom is 0.247 e. The second kappa shape index (κ2) is 6.36. The van der Waals surface area contributed by atoms with E-state index in [9.17, 15) is 4.79 Å². The van der Waals surface area contributed by atoms with E-state index in [1.54, 1.807) is 0 Å². The van der Waals surface area contributed by atoms with Crippen LogP contribution in [0.2, 0.25) is 0 Å². The lowest BCUT2D eigenvalue weighted by Gasteiger charge is -2.46. The van der Waals surface area contributed by atoms with E-state index in [-0.39, 0.29) is 5.91 Å². The van der Waals surface area contributed by atoms with Crippen molar-refractivity contribution in [1.82, 2.24) is 10.2 Å². The molecule has 1 aliphatic rings. The number of piperazine rings is 1. The number of halogens is 1. The molecule has 1 aromatic carbocycles. The molecule has 0 saturated carbocycles. The van der Waals surface area contributed by atoms with E-state index >= 15 is 0 Å². The van der Waals surface area contributed by atoms with Crippen molar-refractivity contribution in [2.75, 3.05) is 31.6 Å². The first-order chi connectivity index (χ1) is 9.87. The molecule has 0 atom stereocenters. The van der Waals surface area contributed by atoms with Gasteiger partial charge in [-0.2, -0.15) is 0 Å². The summed E-state index contributed by atoms with van der Waals surface area (Å²) in [5.41, 5.74) is 1.84. The zero-order valence-electron chi connectivity index (χ0n) is 13.2. The van der Waals surface area contributed by atoms with E-state index in [1.165, 1.54) is 5.56 Å². The van der Waals surface area contributed by atoms with Crippen LogP contribution in [0.4, 0.5) is 5.69 Å². The van der Waals surface area contributed by atoms with Gasteiger partial charge < -0.3 is 15.1 Å². The highest BCUT2D eigenvalue weighted by atomic mass is 79.9. The number of carbonyl (C=O) groups excluding carboxylic acids is 1. The molecule has 1 aliphatic heterocycles. The molecule has 0 radical (unpaired) electrons. The van der Waals surface area contributed by atoms with E-state index in [0.717, 1.165) is 36.3 Å². The van der Waals surface area contributed by atoms with Crippen LogP contribution in [0.1, 0.15) is 26.3 Å². The Balaban J connectivity index is 2.40. The highest BCUT2D eigenvalue weighted by Gasteiger charge is 2.41. The van der Waals surface area contributed by atoms with Gasteiger partial charge in [0.25, 0.3) is 0 Å². The first kappa shape index (κ1) is 16.3. The van der Waals surface area contributed by atoms with Gasteiger partial charge in [0, 0.05) is 36.8 Å². The third-order valence-electron chi connectivity index (χ3n) is 4.11. The zero-order valence-corrected chi connectivity index (χ0v) is 14.8. The summed E-state index contributed by atoms with van der Waals surface area (Å²) in [6, 6.07) is 6.30. The number of amides is 1. The van der Waals surface area contributed by atoms with Crippen LogP contribution in [0.25, 0.3) is 0 Å².